The minimum absolute atomic E-state index is 0.325. The summed E-state index contributed by atoms with van der Waals surface area (Å²) in [5.41, 5.74) is 9.68. The van der Waals surface area contributed by atoms with Crippen molar-refractivity contribution < 1.29 is 0 Å². The van der Waals surface area contributed by atoms with Crippen molar-refractivity contribution in [1.29, 1.82) is 0 Å². The van der Waals surface area contributed by atoms with E-state index < -0.39 is 0 Å². The van der Waals surface area contributed by atoms with Crippen LogP contribution in [0.4, 0.5) is 5.82 Å². The van der Waals surface area contributed by atoms with Gasteiger partial charge in [0.2, 0.25) is 0 Å². The SMILES string of the molecule is Cc1nn(C2CCc3ccccc3C2)c(N)c1Cl. The van der Waals surface area contributed by atoms with Crippen molar-refractivity contribution in [3.8, 4) is 0 Å². The maximum atomic E-state index is 6.11. The summed E-state index contributed by atoms with van der Waals surface area (Å²) in [6.07, 6.45) is 3.13. The van der Waals surface area contributed by atoms with Crippen LogP contribution >= 0.6 is 11.6 Å². The lowest BCUT2D eigenvalue weighted by atomic mass is 9.88. The number of halogens is 1. The standard InChI is InChI=1S/C14H16ClN3/c1-9-13(15)14(16)18(17-9)12-7-6-10-4-2-3-5-11(10)8-12/h2-5,12H,6-8,16H2,1H3. The number of fused-ring (bicyclic) bond motifs is 1. The Hall–Kier alpha value is -1.48. The first-order valence-electron chi connectivity index (χ1n) is 6.23. The molecule has 94 valence electrons. The normalized spacial score (nSPS) is 18.7. The first kappa shape index (κ1) is 11.6. The highest BCUT2D eigenvalue weighted by Crippen LogP contribution is 2.33. The largest absolute Gasteiger partial charge is 0.383 e. The minimum atomic E-state index is 0.325. The lowest BCUT2D eigenvalue weighted by molar-refractivity contribution is 0.409. The number of hydrogen-bond acceptors (Lipinski definition) is 2. The van der Waals surface area contributed by atoms with Crippen LogP contribution in [0.5, 0.6) is 0 Å². The van der Waals surface area contributed by atoms with Gasteiger partial charge in [0.25, 0.3) is 0 Å². The summed E-state index contributed by atoms with van der Waals surface area (Å²) in [5, 5.41) is 5.06. The molecule has 1 aromatic heterocycles. The Morgan fingerprint density at radius 1 is 1.33 bits per heavy atom. The van der Waals surface area contributed by atoms with Crippen molar-refractivity contribution in [3.05, 3.63) is 46.1 Å². The molecule has 4 heteroatoms. The molecule has 0 aliphatic heterocycles. The quantitative estimate of drug-likeness (QED) is 0.857. The van der Waals surface area contributed by atoms with E-state index in [-0.39, 0.29) is 0 Å². The summed E-state index contributed by atoms with van der Waals surface area (Å²) in [6, 6.07) is 8.91. The Kier molecular flexibility index (Phi) is 2.78. The van der Waals surface area contributed by atoms with Gasteiger partial charge in [-0.2, -0.15) is 5.10 Å². The molecule has 3 rings (SSSR count). The van der Waals surface area contributed by atoms with Crippen LogP contribution < -0.4 is 5.73 Å². The molecule has 1 atom stereocenters. The van der Waals surface area contributed by atoms with Crippen LogP contribution in [0.3, 0.4) is 0 Å². The summed E-state index contributed by atoms with van der Waals surface area (Å²) >= 11 is 6.11. The Labute approximate surface area is 112 Å². The zero-order chi connectivity index (χ0) is 12.7. The Morgan fingerprint density at radius 2 is 2.06 bits per heavy atom. The molecule has 0 spiro atoms. The first-order valence-corrected chi connectivity index (χ1v) is 6.61. The van der Waals surface area contributed by atoms with Crippen LogP contribution in [-0.4, -0.2) is 9.78 Å². The van der Waals surface area contributed by atoms with Crippen molar-refractivity contribution in [2.24, 2.45) is 0 Å². The Balaban J connectivity index is 1.94. The van der Waals surface area contributed by atoms with E-state index in [2.05, 4.69) is 29.4 Å². The van der Waals surface area contributed by atoms with Crippen molar-refractivity contribution in [2.75, 3.05) is 5.73 Å². The van der Waals surface area contributed by atoms with E-state index in [0.29, 0.717) is 16.9 Å². The van der Waals surface area contributed by atoms with Gasteiger partial charge in [0.05, 0.1) is 11.7 Å². The topological polar surface area (TPSA) is 43.8 Å². The van der Waals surface area contributed by atoms with E-state index in [1.807, 2.05) is 11.6 Å². The van der Waals surface area contributed by atoms with Gasteiger partial charge < -0.3 is 5.73 Å². The highest BCUT2D eigenvalue weighted by molar-refractivity contribution is 6.33. The van der Waals surface area contributed by atoms with E-state index in [9.17, 15) is 0 Å². The highest BCUT2D eigenvalue weighted by atomic mass is 35.5. The average Bonchev–Trinajstić information content (AvgIpc) is 2.66. The second-order valence-electron chi connectivity index (χ2n) is 4.89. The number of hydrogen-bond donors (Lipinski definition) is 1. The van der Waals surface area contributed by atoms with Crippen molar-refractivity contribution in [1.82, 2.24) is 9.78 Å². The predicted octanol–water partition coefficient (Wildman–Crippen LogP) is 3.16. The van der Waals surface area contributed by atoms with Crippen LogP contribution in [0.25, 0.3) is 0 Å². The lowest BCUT2D eigenvalue weighted by Gasteiger charge is -2.25. The molecule has 1 unspecified atom stereocenters. The summed E-state index contributed by atoms with van der Waals surface area (Å²) in [7, 11) is 0. The fourth-order valence-electron chi connectivity index (χ4n) is 2.71. The number of aromatic nitrogens is 2. The van der Waals surface area contributed by atoms with E-state index in [1.165, 1.54) is 11.1 Å². The molecule has 2 N–H and O–H groups in total. The van der Waals surface area contributed by atoms with E-state index in [0.717, 1.165) is 25.0 Å². The monoisotopic (exact) mass is 261 g/mol. The first-order chi connectivity index (χ1) is 8.66. The fraction of sp³-hybridized carbons (Fsp3) is 0.357. The maximum Gasteiger partial charge on any atom is 0.141 e. The smallest absolute Gasteiger partial charge is 0.141 e. The van der Waals surface area contributed by atoms with Gasteiger partial charge in [-0.25, -0.2) is 4.68 Å². The van der Waals surface area contributed by atoms with Crippen LogP contribution in [0, 0.1) is 6.92 Å². The van der Waals surface area contributed by atoms with Gasteiger partial charge in [0, 0.05) is 0 Å². The van der Waals surface area contributed by atoms with Crippen LogP contribution in [-0.2, 0) is 12.8 Å². The molecule has 1 heterocycles. The fourth-order valence-corrected chi connectivity index (χ4v) is 2.84. The van der Waals surface area contributed by atoms with Crippen molar-refractivity contribution in [2.45, 2.75) is 32.2 Å². The molecule has 1 aliphatic carbocycles. The van der Waals surface area contributed by atoms with Gasteiger partial charge in [0.15, 0.2) is 0 Å². The molecule has 0 amide bonds. The van der Waals surface area contributed by atoms with E-state index >= 15 is 0 Å². The second kappa shape index (κ2) is 4.32. The molecule has 0 saturated heterocycles. The molecule has 1 aliphatic rings. The van der Waals surface area contributed by atoms with Gasteiger partial charge in [0.1, 0.15) is 10.8 Å². The third kappa shape index (κ3) is 1.79. The highest BCUT2D eigenvalue weighted by Gasteiger charge is 2.23. The minimum Gasteiger partial charge on any atom is -0.383 e. The van der Waals surface area contributed by atoms with Crippen LogP contribution in [0.15, 0.2) is 24.3 Å². The number of nitrogen functional groups attached to an aromatic ring is 1. The van der Waals surface area contributed by atoms with Crippen molar-refractivity contribution in [3.63, 3.8) is 0 Å². The molecular weight excluding hydrogens is 246 g/mol. The lowest BCUT2D eigenvalue weighted by Crippen LogP contribution is -2.21. The predicted molar refractivity (Wildman–Crippen MR) is 73.9 cm³/mol. The van der Waals surface area contributed by atoms with Gasteiger partial charge in [-0.15, -0.1) is 0 Å². The number of anilines is 1. The number of aryl methyl sites for hydroxylation is 2. The van der Waals surface area contributed by atoms with Crippen LogP contribution in [0.2, 0.25) is 5.02 Å². The number of nitrogens with two attached hydrogens (primary N) is 1. The summed E-state index contributed by atoms with van der Waals surface area (Å²) in [5.74, 6) is 0.596. The molecule has 0 radical (unpaired) electrons. The number of benzene rings is 1. The molecule has 0 saturated carbocycles. The average molecular weight is 262 g/mol. The zero-order valence-electron chi connectivity index (χ0n) is 10.4. The van der Waals surface area contributed by atoms with Gasteiger partial charge >= 0.3 is 0 Å². The molecular formula is C14H16ClN3. The number of rotatable bonds is 1. The third-order valence-electron chi connectivity index (χ3n) is 3.71. The third-order valence-corrected chi connectivity index (χ3v) is 4.18. The molecule has 1 aromatic carbocycles. The Bertz CT molecular complexity index is 589. The number of nitrogens with zero attached hydrogens (tertiary/aromatic N) is 2. The van der Waals surface area contributed by atoms with Crippen molar-refractivity contribution >= 4 is 17.4 Å². The van der Waals surface area contributed by atoms with Gasteiger partial charge in [-0.1, -0.05) is 35.9 Å². The summed E-state index contributed by atoms with van der Waals surface area (Å²) < 4.78 is 1.90. The Morgan fingerprint density at radius 3 is 2.72 bits per heavy atom. The second-order valence-corrected chi connectivity index (χ2v) is 5.27. The summed E-state index contributed by atoms with van der Waals surface area (Å²) in [4.78, 5) is 0. The summed E-state index contributed by atoms with van der Waals surface area (Å²) in [6.45, 7) is 1.89. The van der Waals surface area contributed by atoms with Crippen LogP contribution in [0.1, 0.15) is 29.3 Å². The molecule has 3 nitrogen and oxygen atoms in total. The molecule has 0 bridgehead atoms. The van der Waals surface area contributed by atoms with E-state index in [1.54, 1.807) is 0 Å². The van der Waals surface area contributed by atoms with E-state index in [4.69, 9.17) is 17.3 Å². The molecule has 0 fully saturated rings. The molecule has 18 heavy (non-hydrogen) atoms. The van der Waals surface area contributed by atoms with Gasteiger partial charge in [-0.05, 0) is 37.3 Å². The zero-order valence-corrected chi connectivity index (χ0v) is 11.1. The van der Waals surface area contributed by atoms with Gasteiger partial charge in [-0.3, -0.25) is 0 Å². The molecule has 2 aromatic rings. The maximum absolute atomic E-state index is 6.11.